The minimum Gasteiger partial charge on any atom is -0.379 e. The van der Waals surface area contributed by atoms with Gasteiger partial charge in [0.1, 0.15) is 0 Å². The van der Waals surface area contributed by atoms with E-state index in [0.29, 0.717) is 42.9 Å². The van der Waals surface area contributed by atoms with Crippen LogP contribution < -0.4 is 10.9 Å². The van der Waals surface area contributed by atoms with Crippen LogP contribution in [-0.2, 0) is 17.8 Å². The van der Waals surface area contributed by atoms with E-state index in [1.165, 1.54) is 10.9 Å². The zero-order valence-electron chi connectivity index (χ0n) is 16.9. The second-order valence-corrected chi connectivity index (χ2v) is 7.16. The molecule has 10 heteroatoms. The lowest BCUT2D eigenvalue weighted by molar-refractivity contribution is 0.0365. The van der Waals surface area contributed by atoms with E-state index in [9.17, 15) is 4.79 Å². The summed E-state index contributed by atoms with van der Waals surface area (Å²) in [5.74, 6) is 0.234. The smallest absolute Gasteiger partial charge is 0.278 e. The van der Waals surface area contributed by atoms with Crippen molar-refractivity contribution in [1.82, 2.24) is 24.4 Å². The molecule has 0 atom stereocenters. The van der Waals surface area contributed by atoms with Crippen molar-refractivity contribution in [2.75, 3.05) is 38.2 Å². The third kappa shape index (κ3) is 4.30. The molecular weight excluding hydrogens is 403 g/mol. The summed E-state index contributed by atoms with van der Waals surface area (Å²) in [5, 5.41) is 3.92. The molecule has 28 heavy (non-hydrogen) atoms. The molecule has 1 fully saturated rings. The lowest BCUT2D eigenvalue weighted by Gasteiger charge is -2.26. The van der Waals surface area contributed by atoms with Crippen LogP contribution in [0.4, 0.5) is 5.95 Å². The van der Waals surface area contributed by atoms with Crippen LogP contribution in [0.25, 0.3) is 11.2 Å². The first-order valence-corrected chi connectivity index (χ1v) is 9.55. The Kier molecular flexibility index (Phi) is 5.09. The van der Waals surface area contributed by atoms with Crippen molar-refractivity contribution in [3.05, 3.63) is 50.5 Å². The summed E-state index contributed by atoms with van der Waals surface area (Å²) in [5.41, 5.74) is 0.647. The van der Waals surface area contributed by atoms with Gasteiger partial charge in [0.2, 0.25) is 5.95 Å². The summed E-state index contributed by atoms with van der Waals surface area (Å²) in [6.45, 7) is 1.08. The molecule has 0 bridgehead atoms. The minimum atomic E-state index is -1.82. The number of benzene rings is 1. The fourth-order valence-electron chi connectivity index (χ4n) is 2.91. The number of aromatic nitrogens is 4. The van der Waals surface area contributed by atoms with Crippen LogP contribution in [0, 0.1) is 0 Å². The number of aromatic amines is 1. The predicted octanol–water partition coefficient (Wildman–Crippen LogP) is 2.37. The van der Waals surface area contributed by atoms with Gasteiger partial charge in [0.15, 0.2) is 11.2 Å². The Balaban J connectivity index is 1.55. The molecule has 3 heterocycles. The first kappa shape index (κ1) is 16.8. The number of H-pyrrole nitrogens is 1. The molecule has 1 saturated heterocycles. The predicted molar refractivity (Wildman–Crippen MR) is 109 cm³/mol. The second kappa shape index (κ2) is 8.48. The molecule has 0 unspecified atom stereocenters. The van der Waals surface area contributed by atoms with Gasteiger partial charge in [-0.15, -0.1) is 0 Å². The molecule has 0 aliphatic carbocycles. The third-order valence-electron chi connectivity index (χ3n) is 4.43. The molecule has 148 valence electrons. The van der Waals surface area contributed by atoms with Gasteiger partial charge in [-0.1, -0.05) is 29.3 Å². The van der Waals surface area contributed by atoms with E-state index in [0.717, 1.165) is 5.56 Å². The Labute approximate surface area is 174 Å². The zero-order chi connectivity index (χ0) is 21.3. The summed E-state index contributed by atoms with van der Waals surface area (Å²) >= 11 is 11.9. The maximum absolute atomic E-state index is 12.7. The SMILES string of the molecule is [2H]C([2H])(CN1CCOCC1)n1cnc2nc(NCc3ccc(Cl)c(Cl)c3)[nH]c(=O)c21. The first-order valence-electron chi connectivity index (χ1n) is 9.79. The number of morpholine rings is 1. The number of hydrogen-bond donors (Lipinski definition) is 2. The van der Waals surface area contributed by atoms with Gasteiger partial charge in [-0.25, -0.2) is 4.98 Å². The van der Waals surface area contributed by atoms with Gasteiger partial charge in [0.05, 0.1) is 32.3 Å². The summed E-state index contributed by atoms with van der Waals surface area (Å²) in [6, 6.07) is 5.23. The fraction of sp³-hybridized carbons (Fsp3) is 0.389. The van der Waals surface area contributed by atoms with E-state index < -0.39 is 12.1 Å². The van der Waals surface area contributed by atoms with Gasteiger partial charge in [0.25, 0.3) is 5.56 Å². The van der Waals surface area contributed by atoms with E-state index in [2.05, 4.69) is 20.3 Å². The second-order valence-electron chi connectivity index (χ2n) is 6.35. The van der Waals surface area contributed by atoms with Crippen molar-refractivity contribution in [3.63, 3.8) is 0 Å². The lowest BCUT2D eigenvalue weighted by atomic mass is 10.2. The van der Waals surface area contributed by atoms with E-state index in [1.54, 1.807) is 12.1 Å². The highest BCUT2D eigenvalue weighted by Gasteiger charge is 2.14. The molecule has 4 rings (SSSR count). The standard InChI is InChI=1S/C18H20Cl2N6O2/c19-13-2-1-12(9-14(13)20)10-21-18-23-16-15(17(27)24-18)26(11-22-16)4-3-25-5-7-28-8-6-25/h1-2,9,11H,3-8,10H2,(H2,21,23,24,27)/i4D2. The Morgan fingerprint density at radius 2 is 2.11 bits per heavy atom. The molecule has 2 N–H and O–H groups in total. The van der Waals surface area contributed by atoms with Gasteiger partial charge >= 0.3 is 0 Å². The van der Waals surface area contributed by atoms with Gasteiger partial charge in [0, 0.05) is 32.7 Å². The van der Waals surface area contributed by atoms with Crippen molar-refractivity contribution >= 4 is 40.3 Å². The minimum absolute atomic E-state index is 0.0911. The van der Waals surface area contributed by atoms with Crippen molar-refractivity contribution in [1.29, 1.82) is 0 Å². The number of nitrogens with zero attached hydrogens (tertiary/aromatic N) is 4. The average molecular weight is 425 g/mol. The van der Waals surface area contributed by atoms with Crippen molar-refractivity contribution in [2.24, 2.45) is 0 Å². The van der Waals surface area contributed by atoms with Crippen LogP contribution in [0.5, 0.6) is 0 Å². The molecule has 1 aliphatic rings. The Hall–Kier alpha value is -2.13. The molecule has 0 saturated carbocycles. The molecule has 0 amide bonds. The quantitative estimate of drug-likeness (QED) is 0.631. The average Bonchev–Trinajstić information content (AvgIpc) is 3.15. The van der Waals surface area contributed by atoms with Gasteiger partial charge in [-0.05, 0) is 17.7 Å². The number of ether oxygens (including phenoxy) is 1. The molecule has 8 nitrogen and oxygen atoms in total. The largest absolute Gasteiger partial charge is 0.379 e. The number of rotatable bonds is 6. The monoisotopic (exact) mass is 424 g/mol. The van der Waals surface area contributed by atoms with Crippen LogP contribution in [-0.4, -0.2) is 57.3 Å². The molecule has 1 aromatic carbocycles. The summed E-state index contributed by atoms with van der Waals surface area (Å²) < 4.78 is 23.5. The Bertz CT molecular complexity index is 1110. The molecule has 2 aromatic heterocycles. The normalized spacial score (nSPS) is 16.8. The fourth-order valence-corrected chi connectivity index (χ4v) is 3.23. The molecule has 1 aliphatic heterocycles. The Morgan fingerprint density at radius 3 is 2.89 bits per heavy atom. The highest BCUT2D eigenvalue weighted by atomic mass is 35.5. The van der Waals surface area contributed by atoms with Crippen molar-refractivity contribution < 1.29 is 7.48 Å². The molecule has 0 radical (unpaired) electrons. The van der Waals surface area contributed by atoms with Crippen molar-refractivity contribution in [2.45, 2.75) is 13.0 Å². The van der Waals surface area contributed by atoms with Gasteiger partial charge in [-0.3, -0.25) is 14.7 Å². The number of hydrogen-bond acceptors (Lipinski definition) is 6. The van der Waals surface area contributed by atoms with E-state index in [4.69, 9.17) is 30.7 Å². The summed E-state index contributed by atoms with van der Waals surface area (Å²) in [6.07, 6.45) is 1.32. The van der Waals surface area contributed by atoms with Gasteiger partial charge in [-0.2, -0.15) is 4.98 Å². The topological polar surface area (TPSA) is 88.1 Å². The maximum atomic E-state index is 12.7. The molecular formula is C18H20Cl2N6O2. The summed E-state index contributed by atoms with van der Waals surface area (Å²) in [4.78, 5) is 25.8. The van der Waals surface area contributed by atoms with Gasteiger partial charge < -0.3 is 14.6 Å². The number of imidazole rings is 1. The number of nitrogens with one attached hydrogen (secondary N) is 2. The Morgan fingerprint density at radius 1 is 1.29 bits per heavy atom. The molecule has 0 spiro atoms. The summed E-state index contributed by atoms with van der Waals surface area (Å²) in [7, 11) is 0. The van der Waals surface area contributed by atoms with E-state index in [1.807, 2.05) is 11.0 Å². The third-order valence-corrected chi connectivity index (χ3v) is 5.16. The number of halogens is 2. The highest BCUT2D eigenvalue weighted by Crippen LogP contribution is 2.22. The van der Waals surface area contributed by atoms with E-state index in [-0.39, 0.29) is 23.7 Å². The first-order chi connectivity index (χ1) is 14.3. The van der Waals surface area contributed by atoms with E-state index >= 15 is 0 Å². The zero-order valence-corrected chi connectivity index (χ0v) is 16.4. The van der Waals surface area contributed by atoms with Crippen molar-refractivity contribution in [3.8, 4) is 0 Å². The number of anilines is 1. The highest BCUT2D eigenvalue weighted by molar-refractivity contribution is 6.42. The van der Waals surface area contributed by atoms with Crippen LogP contribution in [0.1, 0.15) is 8.30 Å². The molecule has 3 aromatic rings. The van der Waals surface area contributed by atoms with Crippen LogP contribution in [0.15, 0.2) is 29.3 Å². The van der Waals surface area contributed by atoms with Crippen LogP contribution in [0.3, 0.4) is 0 Å². The van der Waals surface area contributed by atoms with Crippen LogP contribution in [0.2, 0.25) is 10.0 Å². The lowest BCUT2D eigenvalue weighted by Crippen LogP contribution is -2.38. The number of fused-ring (bicyclic) bond motifs is 1. The van der Waals surface area contributed by atoms with Crippen LogP contribution >= 0.6 is 23.2 Å². The maximum Gasteiger partial charge on any atom is 0.278 e.